The number of hydrogen-bond acceptors (Lipinski definition) is 4. The molecule has 0 aromatic carbocycles. The van der Waals surface area contributed by atoms with Crippen LogP contribution in [0.4, 0.5) is 13.2 Å². The number of pyridine rings is 1. The Balaban J connectivity index is 1.58. The van der Waals surface area contributed by atoms with Gasteiger partial charge in [-0.1, -0.05) is 0 Å². The van der Waals surface area contributed by atoms with Crippen LogP contribution < -0.4 is 5.32 Å². The Bertz CT molecular complexity index is 584. The summed E-state index contributed by atoms with van der Waals surface area (Å²) in [5.74, 6) is 0.442. The van der Waals surface area contributed by atoms with E-state index in [0.717, 1.165) is 25.3 Å². The summed E-state index contributed by atoms with van der Waals surface area (Å²) in [6.07, 6.45) is 5.54. The Morgan fingerprint density at radius 3 is 2.62 bits per heavy atom. The molecule has 3 rings (SSSR count). The molecule has 1 saturated heterocycles. The highest BCUT2D eigenvalue weighted by molar-refractivity contribution is 8.00. The third-order valence-electron chi connectivity index (χ3n) is 4.39. The second-order valence-electron chi connectivity index (χ2n) is 6.32. The monoisotopic (exact) mass is 359 g/mol. The van der Waals surface area contributed by atoms with Gasteiger partial charge in [0.05, 0.1) is 5.56 Å². The Kier molecular flexibility index (Phi) is 5.34. The summed E-state index contributed by atoms with van der Waals surface area (Å²) in [4.78, 5) is 17.9. The number of aromatic nitrogens is 1. The van der Waals surface area contributed by atoms with E-state index in [1.54, 1.807) is 4.90 Å². The molecular formula is C16H20F3N3OS. The molecule has 1 aromatic heterocycles. The number of rotatable bonds is 5. The SMILES string of the molecule is O=C(c1cccnc1SC(F)(F)F)N1CCC(NCC2CC2)CC1. The first-order valence-corrected chi connectivity index (χ1v) is 8.97. The summed E-state index contributed by atoms with van der Waals surface area (Å²) in [6.45, 7) is 2.16. The number of halogens is 3. The first-order chi connectivity index (χ1) is 11.4. The molecule has 2 aliphatic rings. The molecule has 2 fully saturated rings. The number of nitrogens with one attached hydrogen (secondary N) is 1. The summed E-state index contributed by atoms with van der Waals surface area (Å²) in [7, 11) is 0. The average Bonchev–Trinajstić information content (AvgIpc) is 3.36. The molecule has 1 saturated carbocycles. The van der Waals surface area contributed by atoms with Gasteiger partial charge in [-0.3, -0.25) is 4.79 Å². The number of alkyl halides is 3. The van der Waals surface area contributed by atoms with Gasteiger partial charge in [0.2, 0.25) is 0 Å². The van der Waals surface area contributed by atoms with E-state index < -0.39 is 5.51 Å². The van der Waals surface area contributed by atoms with Crippen molar-refractivity contribution < 1.29 is 18.0 Å². The Morgan fingerprint density at radius 2 is 2.00 bits per heavy atom. The van der Waals surface area contributed by atoms with Crippen molar-refractivity contribution in [2.75, 3.05) is 19.6 Å². The standard InChI is InChI=1S/C16H20F3N3OS/c17-16(18,19)24-14-13(2-1-7-20-14)15(23)22-8-5-12(6-9-22)21-10-11-3-4-11/h1-2,7,11-12,21H,3-6,8-10H2. The van der Waals surface area contributed by atoms with Crippen LogP contribution in [-0.2, 0) is 0 Å². The lowest BCUT2D eigenvalue weighted by Gasteiger charge is -2.33. The first-order valence-electron chi connectivity index (χ1n) is 8.16. The minimum absolute atomic E-state index is 0.0317. The van der Waals surface area contributed by atoms with E-state index in [9.17, 15) is 18.0 Å². The molecule has 8 heteroatoms. The lowest BCUT2D eigenvalue weighted by molar-refractivity contribution is -0.0329. The summed E-state index contributed by atoms with van der Waals surface area (Å²) >= 11 is -0.332. The van der Waals surface area contributed by atoms with Gasteiger partial charge in [-0.05, 0) is 50.3 Å². The molecule has 0 radical (unpaired) electrons. The highest BCUT2D eigenvalue weighted by Crippen LogP contribution is 2.37. The molecule has 0 bridgehead atoms. The van der Waals surface area contributed by atoms with Crippen molar-refractivity contribution in [1.82, 2.24) is 15.2 Å². The van der Waals surface area contributed by atoms with E-state index in [1.807, 2.05) is 0 Å². The van der Waals surface area contributed by atoms with Crippen molar-refractivity contribution in [3.63, 3.8) is 0 Å². The van der Waals surface area contributed by atoms with Crippen LogP contribution in [0.2, 0.25) is 0 Å². The molecule has 0 spiro atoms. The van der Waals surface area contributed by atoms with Gasteiger partial charge in [-0.15, -0.1) is 0 Å². The molecule has 2 heterocycles. The predicted octanol–water partition coefficient (Wildman–Crippen LogP) is 3.30. The zero-order valence-corrected chi connectivity index (χ0v) is 14.0. The minimum atomic E-state index is -4.46. The maximum atomic E-state index is 12.6. The van der Waals surface area contributed by atoms with E-state index in [2.05, 4.69) is 10.3 Å². The quantitative estimate of drug-likeness (QED) is 0.820. The third kappa shape index (κ3) is 4.86. The van der Waals surface area contributed by atoms with Gasteiger partial charge in [-0.25, -0.2) is 4.98 Å². The molecule has 1 aliphatic heterocycles. The summed E-state index contributed by atoms with van der Waals surface area (Å²) in [5.41, 5.74) is -4.42. The van der Waals surface area contributed by atoms with Crippen LogP contribution in [-0.4, -0.2) is 47.0 Å². The zero-order chi connectivity index (χ0) is 17.2. The predicted molar refractivity (Wildman–Crippen MR) is 85.8 cm³/mol. The molecule has 1 amide bonds. The van der Waals surface area contributed by atoms with Gasteiger partial charge >= 0.3 is 5.51 Å². The smallest absolute Gasteiger partial charge is 0.338 e. The molecule has 4 nitrogen and oxygen atoms in total. The Labute approximate surface area is 143 Å². The lowest BCUT2D eigenvalue weighted by Crippen LogP contribution is -2.45. The minimum Gasteiger partial charge on any atom is -0.338 e. The van der Waals surface area contributed by atoms with Crippen LogP contribution in [0.15, 0.2) is 23.4 Å². The number of piperidine rings is 1. The maximum absolute atomic E-state index is 12.6. The molecule has 1 aliphatic carbocycles. The van der Waals surface area contributed by atoms with Crippen LogP contribution in [0.25, 0.3) is 0 Å². The number of nitrogens with zero attached hydrogens (tertiary/aromatic N) is 2. The van der Waals surface area contributed by atoms with Crippen molar-refractivity contribution in [1.29, 1.82) is 0 Å². The van der Waals surface area contributed by atoms with E-state index >= 15 is 0 Å². The van der Waals surface area contributed by atoms with Crippen molar-refractivity contribution in [2.45, 2.75) is 42.3 Å². The second-order valence-corrected chi connectivity index (χ2v) is 7.38. The number of carbonyl (C=O) groups excluding carboxylic acids is 1. The molecule has 0 atom stereocenters. The van der Waals surface area contributed by atoms with E-state index in [4.69, 9.17) is 0 Å². The van der Waals surface area contributed by atoms with Crippen molar-refractivity contribution in [3.05, 3.63) is 23.9 Å². The van der Waals surface area contributed by atoms with Crippen LogP contribution in [0.3, 0.4) is 0 Å². The number of carbonyl (C=O) groups is 1. The number of thioether (sulfide) groups is 1. The van der Waals surface area contributed by atoms with Gasteiger partial charge in [0, 0.05) is 37.1 Å². The zero-order valence-electron chi connectivity index (χ0n) is 13.2. The maximum Gasteiger partial charge on any atom is 0.447 e. The highest BCUT2D eigenvalue weighted by Gasteiger charge is 2.34. The Morgan fingerprint density at radius 1 is 1.29 bits per heavy atom. The molecule has 1 N–H and O–H groups in total. The average molecular weight is 359 g/mol. The number of likely N-dealkylation sites (tertiary alicyclic amines) is 1. The van der Waals surface area contributed by atoms with E-state index in [1.165, 1.54) is 31.2 Å². The topological polar surface area (TPSA) is 45.2 Å². The largest absolute Gasteiger partial charge is 0.447 e. The molecule has 0 unspecified atom stereocenters. The van der Waals surface area contributed by atoms with Crippen molar-refractivity contribution in [2.24, 2.45) is 5.92 Å². The second kappa shape index (κ2) is 7.31. The van der Waals surface area contributed by atoms with E-state index in [0.29, 0.717) is 19.1 Å². The van der Waals surface area contributed by atoms with Crippen LogP contribution in [0, 0.1) is 5.92 Å². The number of hydrogen-bond donors (Lipinski definition) is 1. The van der Waals surface area contributed by atoms with Crippen molar-refractivity contribution in [3.8, 4) is 0 Å². The van der Waals surface area contributed by atoms with Crippen LogP contribution in [0.5, 0.6) is 0 Å². The Hall–Kier alpha value is -1.28. The van der Waals surface area contributed by atoms with Gasteiger partial charge < -0.3 is 10.2 Å². The van der Waals surface area contributed by atoms with Gasteiger partial charge in [-0.2, -0.15) is 13.2 Å². The van der Waals surface area contributed by atoms with Gasteiger partial charge in [0.1, 0.15) is 5.03 Å². The molecule has 1 aromatic rings. The fraction of sp³-hybridized carbons (Fsp3) is 0.625. The van der Waals surface area contributed by atoms with Crippen molar-refractivity contribution >= 4 is 17.7 Å². The molecular weight excluding hydrogens is 339 g/mol. The summed E-state index contributed by atoms with van der Waals surface area (Å²) < 4.78 is 37.9. The fourth-order valence-electron chi connectivity index (χ4n) is 2.86. The molecule has 24 heavy (non-hydrogen) atoms. The first kappa shape index (κ1) is 17.5. The van der Waals surface area contributed by atoms with E-state index in [-0.39, 0.29) is 28.3 Å². The molecule has 132 valence electrons. The van der Waals surface area contributed by atoms with Crippen LogP contribution in [0.1, 0.15) is 36.0 Å². The summed E-state index contributed by atoms with van der Waals surface area (Å²) in [6, 6.07) is 3.31. The third-order valence-corrected chi connectivity index (χ3v) is 5.14. The summed E-state index contributed by atoms with van der Waals surface area (Å²) in [5, 5.41) is 3.25. The lowest BCUT2D eigenvalue weighted by atomic mass is 10.0. The highest BCUT2D eigenvalue weighted by atomic mass is 32.2. The normalized spacial score (nSPS) is 19.5. The van der Waals surface area contributed by atoms with Crippen LogP contribution >= 0.6 is 11.8 Å². The van der Waals surface area contributed by atoms with Gasteiger partial charge in [0.15, 0.2) is 0 Å². The number of amides is 1. The van der Waals surface area contributed by atoms with Gasteiger partial charge in [0.25, 0.3) is 5.91 Å². The fourth-order valence-corrected chi connectivity index (χ4v) is 3.45.